The Hall–Kier alpha value is -3.73. The first kappa shape index (κ1) is 22.5. The predicted molar refractivity (Wildman–Crippen MR) is 129 cm³/mol. The SMILES string of the molecule is CCN(Cc1ccccc1)C1=C(c2ccc(F)cc2)C(=O)N(c2ccc(C(C)C)cc2)C1=O. The number of hydrogen-bond acceptors (Lipinski definition) is 3. The van der Waals surface area contributed by atoms with E-state index in [2.05, 4.69) is 13.8 Å². The van der Waals surface area contributed by atoms with Gasteiger partial charge in [0, 0.05) is 13.1 Å². The lowest BCUT2D eigenvalue weighted by Crippen LogP contribution is -2.35. The summed E-state index contributed by atoms with van der Waals surface area (Å²) in [5.41, 5.74) is 3.85. The van der Waals surface area contributed by atoms with Crippen molar-refractivity contribution >= 4 is 23.1 Å². The van der Waals surface area contributed by atoms with Crippen molar-refractivity contribution in [1.82, 2.24) is 4.90 Å². The van der Waals surface area contributed by atoms with E-state index in [9.17, 15) is 14.0 Å². The summed E-state index contributed by atoms with van der Waals surface area (Å²) in [6.07, 6.45) is 0. The Labute approximate surface area is 194 Å². The molecule has 0 aliphatic carbocycles. The van der Waals surface area contributed by atoms with Crippen molar-refractivity contribution in [3.8, 4) is 0 Å². The van der Waals surface area contributed by atoms with E-state index in [0.29, 0.717) is 41.5 Å². The van der Waals surface area contributed by atoms with Crippen LogP contribution in [0.1, 0.15) is 43.4 Å². The number of rotatable bonds is 7. The molecule has 4 rings (SSSR count). The molecule has 0 atom stereocenters. The average Bonchev–Trinajstić information content (AvgIpc) is 3.08. The van der Waals surface area contributed by atoms with E-state index in [1.54, 1.807) is 12.1 Å². The van der Waals surface area contributed by atoms with E-state index in [-0.39, 0.29) is 5.91 Å². The summed E-state index contributed by atoms with van der Waals surface area (Å²) < 4.78 is 13.6. The van der Waals surface area contributed by atoms with Gasteiger partial charge in [-0.15, -0.1) is 0 Å². The number of amides is 2. The van der Waals surface area contributed by atoms with Crippen molar-refractivity contribution < 1.29 is 14.0 Å². The number of benzene rings is 3. The fourth-order valence-electron chi connectivity index (χ4n) is 4.08. The van der Waals surface area contributed by atoms with Crippen LogP contribution in [-0.2, 0) is 16.1 Å². The maximum absolute atomic E-state index is 13.7. The normalized spacial score (nSPS) is 13.9. The third-order valence-electron chi connectivity index (χ3n) is 5.92. The zero-order valence-corrected chi connectivity index (χ0v) is 19.1. The summed E-state index contributed by atoms with van der Waals surface area (Å²) in [6, 6.07) is 23.0. The van der Waals surface area contributed by atoms with Crippen molar-refractivity contribution in [2.24, 2.45) is 0 Å². The molecule has 1 heterocycles. The lowest BCUT2D eigenvalue weighted by molar-refractivity contribution is -0.120. The largest absolute Gasteiger partial charge is 0.362 e. The van der Waals surface area contributed by atoms with Crippen LogP contribution in [0.25, 0.3) is 5.57 Å². The Morgan fingerprint density at radius 2 is 1.48 bits per heavy atom. The van der Waals surface area contributed by atoms with Crippen LogP contribution in [0.3, 0.4) is 0 Å². The summed E-state index contributed by atoms with van der Waals surface area (Å²) in [4.78, 5) is 30.5. The number of halogens is 1. The number of carbonyl (C=O) groups is 2. The molecule has 0 aromatic heterocycles. The van der Waals surface area contributed by atoms with Crippen molar-refractivity contribution in [2.75, 3.05) is 11.4 Å². The first-order valence-corrected chi connectivity index (χ1v) is 11.2. The Bertz CT molecular complexity index is 1180. The maximum Gasteiger partial charge on any atom is 0.282 e. The standard InChI is InChI=1S/C28H27FN2O2/c1-4-30(18-20-8-6-5-7-9-20)26-25(22-10-14-23(29)15-11-22)27(32)31(28(26)33)24-16-12-21(13-17-24)19(2)3/h5-17,19H,4,18H2,1-3H3. The van der Waals surface area contributed by atoms with Gasteiger partial charge < -0.3 is 4.90 Å². The molecule has 3 aromatic carbocycles. The first-order valence-electron chi connectivity index (χ1n) is 11.2. The second kappa shape index (κ2) is 9.41. The molecule has 0 bridgehead atoms. The highest BCUT2D eigenvalue weighted by Crippen LogP contribution is 2.35. The van der Waals surface area contributed by atoms with E-state index in [4.69, 9.17) is 0 Å². The quantitative estimate of drug-likeness (QED) is 0.437. The summed E-state index contributed by atoms with van der Waals surface area (Å²) in [7, 11) is 0. The predicted octanol–water partition coefficient (Wildman–Crippen LogP) is 5.76. The molecular formula is C28H27FN2O2. The van der Waals surface area contributed by atoms with E-state index in [1.807, 2.05) is 66.4 Å². The van der Waals surface area contributed by atoms with Gasteiger partial charge in [0.15, 0.2) is 0 Å². The third-order valence-corrected chi connectivity index (χ3v) is 5.92. The summed E-state index contributed by atoms with van der Waals surface area (Å²) in [5, 5.41) is 0. The fourth-order valence-corrected chi connectivity index (χ4v) is 4.08. The second-order valence-electron chi connectivity index (χ2n) is 8.42. The number of nitrogens with zero attached hydrogens (tertiary/aromatic N) is 2. The smallest absolute Gasteiger partial charge is 0.282 e. The minimum atomic E-state index is -0.398. The molecule has 0 N–H and O–H groups in total. The molecule has 0 radical (unpaired) electrons. The number of likely N-dealkylation sites (N-methyl/N-ethyl adjacent to an activating group) is 1. The van der Waals surface area contributed by atoms with Gasteiger partial charge in [-0.3, -0.25) is 9.59 Å². The number of hydrogen-bond donors (Lipinski definition) is 0. The van der Waals surface area contributed by atoms with Gasteiger partial charge in [0.2, 0.25) is 0 Å². The molecule has 5 heteroatoms. The van der Waals surface area contributed by atoms with Crippen LogP contribution in [0, 0.1) is 5.82 Å². The van der Waals surface area contributed by atoms with Crippen molar-refractivity contribution in [3.63, 3.8) is 0 Å². The van der Waals surface area contributed by atoms with E-state index in [0.717, 1.165) is 11.1 Å². The van der Waals surface area contributed by atoms with Crippen molar-refractivity contribution in [3.05, 3.63) is 107 Å². The highest BCUT2D eigenvalue weighted by molar-refractivity contribution is 6.45. The van der Waals surface area contributed by atoms with Gasteiger partial charge in [-0.05, 0) is 53.8 Å². The molecule has 0 spiro atoms. The van der Waals surface area contributed by atoms with Gasteiger partial charge in [-0.1, -0.05) is 68.4 Å². The topological polar surface area (TPSA) is 40.6 Å². The Morgan fingerprint density at radius 1 is 0.848 bits per heavy atom. The highest BCUT2D eigenvalue weighted by atomic mass is 19.1. The minimum absolute atomic E-state index is 0.297. The number of imide groups is 1. The molecular weight excluding hydrogens is 415 g/mol. The molecule has 33 heavy (non-hydrogen) atoms. The van der Waals surface area contributed by atoms with Gasteiger partial charge in [0.25, 0.3) is 11.8 Å². The van der Waals surface area contributed by atoms with Gasteiger partial charge in [-0.2, -0.15) is 0 Å². The molecule has 4 nitrogen and oxygen atoms in total. The molecule has 0 saturated carbocycles. The van der Waals surface area contributed by atoms with Crippen LogP contribution in [0.5, 0.6) is 0 Å². The summed E-state index contributed by atoms with van der Waals surface area (Å²) >= 11 is 0. The minimum Gasteiger partial charge on any atom is -0.362 e. The summed E-state index contributed by atoms with van der Waals surface area (Å²) in [6.45, 7) is 7.16. The number of carbonyl (C=O) groups excluding carboxylic acids is 2. The van der Waals surface area contributed by atoms with Crippen LogP contribution in [0.15, 0.2) is 84.6 Å². The third kappa shape index (κ3) is 4.44. The van der Waals surface area contributed by atoms with E-state index in [1.165, 1.54) is 17.0 Å². The van der Waals surface area contributed by atoms with Gasteiger partial charge in [0.05, 0.1) is 11.3 Å². The Kier molecular flexibility index (Phi) is 6.40. The van der Waals surface area contributed by atoms with Crippen LogP contribution in [0.2, 0.25) is 0 Å². The van der Waals surface area contributed by atoms with E-state index < -0.39 is 11.7 Å². The van der Waals surface area contributed by atoms with Gasteiger partial charge in [-0.25, -0.2) is 9.29 Å². The zero-order chi connectivity index (χ0) is 23.5. The molecule has 0 unspecified atom stereocenters. The van der Waals surface area contributed by atoms with Crippen molar-refractivity contribution in [2.45, 2.75) is 33.2 Å². The van der Waals surface area contributed by atoms with Crippen LogP contribution in [-0.4, -0.2) is 23.3 Å². The molecule has 3 aromatic rings. The van der Waals surface area contributed by atoms with Crippen LogP contribution in [0.4, 0.5) is 10.1 Å². The first-order chi connectivity index (χ1) is 15.9. The highest BCUT2D eigenvalue weighted by Gasteiger charge is 2.42. The lowest BCUT2D eigenvalue weighted by Gasteiger charge is -2.25. The molecule has 0 fully saturated rings. The monoisotopic (exact) mass is 442 g/mol. The van der Waals surface area contributed by atoms with Crippen LogP contribution < -0.4 is 4.90 Å². The van der Waals surface area contributed by atoms with Crippen molar-refractivity contribution in [1.29, 1.82) is 0 Å². The fraction of sp³-hybridized carbons (Fsp3) is 0.214. The molecule has 1 aliphatic heterocycles. The molecule has 0 saturated heterocycles. The number of anilines is 1. The maximum atomic E-state index is 13.7. The zero-order valence-electron chi connectivity index (χ0n) is 19.1. The van der Waals surface area contributed by atoms with Gasteiger partial charge in [0.1, 0.15) is 11.5 Å². The van der Waals surface area contributed by atoms with E-state index >= 15 is 0 Å². The lowest BCUT2D eigenvalue weighted by atomic mass is 10.0. The molecule has 1 aliphatic rings. The Balaban J connectivity index is 1.79. The van der Waals surface area contributed by atoms with Gasteiger partial charge >= 0.3 is 0 Å². The molecule has 168 valence electrons. The second-order valence-corrected chi connectivity index (χ2v) is 8.42. The molecule has 2 amide bonds. The summed E-state index contributed by atoms with van der Waals surface area (Å²) in [5.74, 6) is -0.816. The average molecular weight is 443 g/mol. The van der Waals surface area contributed by atoms with Crippen LogP contribution >= 0.6 is 0 Å². The Morgan fingerprint density at radius 3 is 2.06 bits per heavy atom.